The van der Waals surface area contributed by atoms with Crippen molar-refractivity contribution in [2.75, 3.05) is 0 Å². The maximum Gasteiger partial charge on any atom is 0.460 e. The Labute approximate surface area is 140 Å². The molecule has 0 saturated carbocycles. The molecule has 1 heterocycles. The first-order valence-corrected chi connectivity index (χ1v) is 7.01. The van der Waals surface area contributed by atoms with Crippen molar-refractivity contribution in [1.82, 2.24) is 0 Å². The van der Waals surface area contributed by atoms with Crippen LogP contribution in [0.4, 0.5) is 57.1 Å². The van der Waals surface area contributed by atoms with Gasteiger partial charge in [-0.2, -0.15) is 57.1 Å². The van der Waals surface area contributed by atoms with Gasteiger partial charge in [-0.3, -0.25) is 0 Å². The van der Waals surface area contributed by atoms with Gasteiger partial charge in [-0.15, -0.1) is 11.3 Å². The second-order valence-corrected chi connectivity index (χ2v) is 6.66. The smallest absolute Gasteiger partial charge is 0.194 e. The van der Waals surface area contributed by atoms with E-state index in [9.17, 15) is 57.1 Å². The van der Waals surface area contributed by atoms with Crippen molar-refractivity contribution >= 4 is 11.3 Å². The van der Waals surface area contributed by atoms with E-state index in [1.165, 1.54) is 0 Å². The Morgan fingerprint density at radius 3 is 1.31 bits per heavy atom. The van der Waals surface area contributed by atoms with E-state index in [4.69, 9.17) is 0 Å². The van der Waals surface area contributed by atoms with E-state index in [0.717, 1.165) is 13.8 Å². The van der Waals surface area contributed by atoms with Gasteiger partial charge in [0.15, 0.2) is 0 Å². The van der Waals surface area contributed by atoms with Crippen molar-refractivity contribution in [1.29, 1.82) is 0 Å². The fraction of sp³-hybridized carbons (Fsp3) is 0.667. The predicted octanol–water partition coefficient (Wildman–Crippen LogP) is 6.56. The summed E-state index contributed by atoms with van der Waals surface area (Å²) in [6, 6.07) is 0.212. The molecule has 1 rings (SSSR count). The number of halogens is 13. The minimum Gasteiger partial charge on any atom is -0.194 e. The third-order valence-corrected chi connectivity index (χ3v) is 4.28. The third kappa shape index (κ3) is 2.83. The second kappa shape index (κ2) is 5.89. The fourth-order valence-corrected chi connectivity index (χ4v) is 2.84. The van der Waals surface area contributed by atoms with Gasteiger partial charge >= 0.3 is 35.8 Å². The van der Waals surface area contributed by atoms with E-state index in [0.29, 0.717) is 11.3 Å². The molecule has 0 N–H and O–H groups in total. The van der Waals surface area contributed by atoms with Gasteiger partial charge in [-0.25, -0.2) is 0 Å². The number of hydrogen-bond donors (Lipinski definition) is 0. The molecule has 1 aromatic heterocycles. The summed E-state index contributed by atoms with van der Waals surface area (Å²) in [5, 5.41) is 0. The van der Waals surface area contributed by atoms with Gasteiger partial charge in [0.1, 0.15) is 0 Å². The van der Waals surface area contributed by atoms with Crippen LogP contribution in [0.15, 0.2) is 6.07 Å². The maximum atomic E-state index is 13.8. The highest BCUT2D eigenvalue weighted by Crippen LogP contribution is 2.62. The van der Waals surface area contributed by atoms with Crippen LogP contribution < -0.4 is 0 Å². The average Bonchev–Trinajstić information content (AvgIpc) is 2.76. The number of aryl methyl sites for hydroxylation is 2. The first-order chi connectivity index (χ1) is 11.2. The molecular weight excluding hydrogens is 423 g/mol. The molecule has 0 aliphatic rings. The number of rotatable bonds is 5. The summed E-state index contributed by atoms with van der Waals surface area (Å²) < 4.78 is 169. The molecule has 14 heteroatoms. The standard InChI is InChI=1S/C12H7F13S/c1-4-3-6(5(2)26-4)7(13,14)8(15,16)9(17,18)10(19,20)11(21,22)12(23,24)25/h3H,1-2H3. The van der Waals surface area contributed by atoms with Crippen LogP contribution in [0.2, 0.25) is 0 Å². The van der Waals surface area contributed by atoms with E-state index in [2.05, 4.69) is 0 Å². The third-order valence-electron chi connectivity index (χ3n) is 3.31. The Morgan fingerprint density at radius 2 is 1.00 bits per heavy atom. The molecule has 0 unspecified atom stereocenters. The lowest BCUT2D eigenvalue weighted by molar-refractivity contribution is -0.441. The molecule has 0 saturated heterocycles. The van der Waals surface area contributed by atoms with Crippen molar-refractivity contribution in [2.45, 2.75) is 49.6 Å². The Morgan fingerprint density at radius 1 is 0.615 bits per heavy atom. The zero-order valence-corrected chi connectivity index (χ0v) is 13.2. The van der Waals surface area contributed by atoms with Gasteiger partial charge in [-0.1, -0.05) is 0 Å². The van der Waals surface area contributed by atoms with Crippen LogP contribution in [-0.2, 0) is 5.92 Å². The Bertz CT molecular complexity index is 667. The largest absolute Gasteiger partial charge is 0.460 e. The molecule has 1 aromatic rings. The van der Waals surface area contributed by atoms with Crippen molar-refractivity contribution in [3.8, 4) is 0 Å². The topological polar surface area (TPSA) is 0 Å². The van der Waals surface area contributed by atoms with E-state index in [1.807, 2.05) is 0 Å². The molecule has 26 heavy (non-hydrogen) atoms. The zero-order valence-electron chi connectivity index (χ0n) is 12.4. The summed E-state index contributed by atoms with van der Waals surface area (Å²) >= 11 is 0.366. The summed E-state index contributed by atoms with van der Waals surface area (Å²) in [5.41, 5.74) is -1.89. The zero-order chi connectivity index (χ0) is 21.1. The van der Waals surface area contributed by atoms with Gasteiger partial charge < -0.3 is 0 Å². The van der Waals surface area contributed by atoms with Crippen LogP contribution in [0, 0.1) is 13.8 Å². The van der Waals surface area contributed by atoms with Gasteiger partial charge in [-0.05, 0) is 19.9 Å². The molecule has 0 aliphatic heterocycles. The number of thiophene rings is 1. The SMILES string of the molecule is Cc1cc(C(F)(F)C(F)(F)C(F)(F)C(F)(F)C(F)(F)C(F)(F)F)c(C)s1. The second-order valence-electron chi connectivity index (χ2n) is 5.20. The van der Waals surface area contributed by atoms with Crippen molar-refractivity contribution in [2.24, 2.45) is 0 Å². The molecule has 0 fully saturated rings. The lowest BCUT2D eigenvalue weighted by Gasteiger charge is -2.39. The van der Waals surface area contributed by atoms with Crippen LogP contribution in [0.1, 0.15) is 15.3 Å². The van der Waals surface area contributed by atoms with Crippen LogP contribution in [0.5, 0.6) is 0 Å². The summed E-state index contributed by atoms with van der Waals surface area (Å²) in [5.74, 6) is -36.8. The highest BCUT2D eigenvalue weighted by atomic mass is 32.1. The first-order valence-electron chi connectivity index (χ1n) is 6.19. The summed E-state index contributed by atoms with van der Waals surface area (Å²) in [7, 11) is 0. The predicted molar refractivity (Wildman–Crippen MR) is 63.5 cm³/mol. The van der Waals surface area contributed by atoms with Gasteiger partial charge in [0.05, 0.1) is 0 Å². The van der Waals surface area contributed by atoms with E-state index < -0.39 is 46.2 Å². The maximum absolute atomic E-state index is 13.8. The van der Waals surface area contributed by atoms with Crippen molar-refractivity contribution in [3.63, 3.8) is 0 Å². The minimum absolute atomic E-state index is 0.149. The lowest BCUT2D eigenvalue weighted by atomic mass is 9.90. The lowest BCUT2D eigenvalue weighted by Crippen LogP contribution is -2.69. The van der Waals surface area contributed by atoms with Crippen LogP contribution in [0.25, 0.3) is 0 Å². The summed E-state index contributed by atoms with van der Waals surface area (Å²) in [4.78, 5) is -0.891. The number of hydrogen-bond acceptors (Lipinski definition) is 1. The van der Waals surface area contributed by atoms with E-state index >= 15 is 0 Å². The Balaban J connectivity index is 3.60. The van der Waals surface area contributed by atoms with Gasteiger partial charge in [0.25, 0.3) is 0 Å². The molecule has 152 valence electrons. The molecule has 0 atom stereocenters. The molecule has 0 radical (unpaired) electrons. The Kier molecular flexibility index (Phi) is 5.17. The van der Waals surface area contributed by atoms with Crippen molar-refractivity contribution in [3.05, 3.63) is 21.4 Å². The van der Waals surface area contributed by atoms with Crippen LogP contribution in [0.3, 0.4) is 0 Å². The molecule has 0 amide bonds. The molecule has 0 spiro atoms. The molecule has 0 bridgehead atoms. The summed E-state index contributed by atoms with van der Waals surface area (Å²) in [6.07, 6.45) is -7.40. The van der Waals surface area contributed by atoms with Crippen LogP contribution >= 0.6 is 11.3 Å². The van der Waals surface area contributed by atoms with E-state index in [1.54, 1.807) is 0 Å². The van der Waals surface area contributed by atoms with Crippen molar-refractivity contribution < 1.29 is 57.1 Å². The molecular formula is C12H7F13S. The quantitative estimate of drug-likeness (QED) is 0.464. The van der Waals surface area contributed by atoms with Gasteiger partial charge in [0, 0.05) is 15.3 Å². The van der Waals surface area contributed by atoms with Crippen LogP contribution in [-0.4, -0.2) is 29.9 Å². The van der Waals surface area contributed by atoms with Gasteiger partial charge in [0.2, 0.25) is 0 Å². The monoisotopic (exact) mass is 430 g/mol. The minimum atomic E-state index is -7.87. The fourth-order valence-electron chi connectivity index (χ4n) is 1.88. The first kappa shape index (κ1) is 22.8. The highest BCUT2D eigenvalue weighted by molar-refractivity contribution is 7.12. The average molecular weight is 430 g/mol. The Hall–Kier alpha value is -1.21. The number of alkyl halides is 13. The normalized spacial score (nSPS) is 15.5. The summed E-state index contributed by atoms with van der Waals surface area (Å²) in [6.45, 7) is 1.78. The molecule has 0 aromatic carbocycles. The molecule has 0 nitrogen and oxygen atoms in total. The van der Waals surface area contributed by atoms with E-state index in [-0.39, 0.29) is 10.9 Å². The highest BCUT2D eigenvalue weighted by Gasteiger charge is 2.90. The molecule has 0 aliphatic carbocycles.